The topological polar surface area (TPSA) is 140 Å². The molecule has 0 radical (unpaired) electrons. The van der Waals surface area contributed by atoms with Crippen LogP contribution in [0.25, 0.3) is 11.2 Å². The van der Waals surface area contributed by atoms with E-state index in [-0.39, 0.29) is 12.4 Å². The van der Waals surface area contributed by atoms with Crippen molar-refractivity contribution >= 4 is 17.0 Å². The SMILES string of the molecule is Nc1ncnc2c1ncn2[C@H]1OC[C@H](O)[C@H](O)[C@@H]1O. The number of nitrogen functional groups attached to an aromatic ring is 1. The number of aromatic nitrogens is 4. The van der Waals surface area contributed by atoms with E-state index in [1.165, 1.54) is 17.2 Å². The maximum absolute atomic E-state index is 9.95. The normalized spacial score (nSPS) is 31.7. The van der Waals surface area contributed by atoms with E-state index in [2.05, 4.69) is 15.0 Å². The lowest BCUT2D eigenvalue weighted by Gasteiger charge is -2.35. The fourth-order valence-electron chi connectivity index (χ4n) is 2.09. The summed E-state index contributed by atoms with van der Waals surface area (Å²) in [6.07, 6.45) is -1.93. The zero-order valence-electron chi connectivity index (χ0n) is 9.79. The lowest BCUT2D eigenvalue weighted by atomic mass is 10.0. The minimum Gasteiger partial charge on any atom is -0.388 e. The predicted molar refractivity (Wildman–Crippen MR) is 62.7 cm³/mol. The molecular weight excluding hydrogens is 254 g/mol. The van der Waals surface area contributed by atoms with E-state index < -0.39 is 24.5 Å². The molecule has 4 atom stereocenters. The summed E-state index contributed by atoms with van der Waals surface area (Å²) in [4.78, 5) is 11.9. The van der Waals surface area contributed by atoms with Gasteiger partial charge >= 0.3 is 0 Å². The number of rotatable bonds is 1. The molecule has 0 amide bonds. The molecule has 0 bridgehead atoms. The van der Waals surface area contributed by atoms with Crippen LogP contribution in [0.1, 0.15) is 6.23 Å². The third-order valence-electron chi connectivity index (χ3n) is 3.14. The van der Waals surface area contributed by atoms with E-state index in [0.29, 0.717) is 11.2 Å². The van der Waals surface area contributed by atoms with Gasteiger partial charge in [0, 0.05) is 0 Å². The molecule has 0 spiro atoms. The van der Waals surface area contributed by atoms with E-state index in [1.54, 1.807) is 0 Å². The third kappa shape index (κ3) is 1.83. The molecule has 9 nitrogen and oxygen atoms in total. The summed E-state index contributed by atoms with van der Waals surface area (Å²) in [5, 5.41) is 29.0. The maximum Gasteiger partial charge on any atom is 0.167 e. The average Bonchev–Trinajstić information content (AvgIpc) is 2.82. The van der Waals surface area contributed by atoms with Gasteiger partial charge in [-0.05, 0) is 0 Å². The van der Waals surface area contributed by atoms with Crippen LogP contribution >= 0.6 is 0 Å². The Balaban J connectivity index is 2.03. The van der Waals surface area contributed by atoms with Crippen LogP contribution in [0.3, 0.4) is 0 Å². The summed E-state index contributed by atoms with van der Waals surface area (Å²) in [5.41, 5.74) is 6.44. The fraction of sp³-hybridized carbons (Fsp3) is 0.500. The highest BCUT2D eigenvalue weighted by molar-refractivity contribution is 5.81. The molecule has 1 saturated heterocycles. The minimum absolute atomic E-state index is 0.0941. The molecule has 0 aromatic carbocycles. The molecule has 5 N–H and O–H groups in total. The van der Waals surface area contributed by atoms with Crippen molar-refractivity contribution in [2.45, 2.75) is 24.5 Å². The van der Waals surface area contributed by atoms with Gasteiger partial charge < -0.3 is 25.8 Å². The summed E-state index contributed by atoms with van der Waals surface area (Å²) in [6, 6.07) is 0. The van der Waals surface area contributed by atoms with Gasteiger partial charge in [-0.1, -0.05) is 0 Å². The largest absolute Gasteiger partial charge is 0.388 e. The lowest BCUT2D eigenvalue weighted by Crippen LogP contribution is -2.50. The molecule has 19 heavy (non-hydrogen) atoms. The van der Waals surface area contributed by atoms with Gasteiger partial charge in [0.25, 0.3) is 0 Å². The highest BCUT2D eigenvalue weighted by Gasteiger charge is 2.39. The smallest absolute Gasteiger partial charge is 0.167 e. The molecule has 9 heteroatoms. The minimum atomic E-state index is -1.30. The van der Waals surface area contributed by atoms with Crippen molar-refractivity contribution in [3.63, 3.8) is 0 Å². The van der Waals surface area contributed by atoms with Gasteiger partial charge in [0.05, 0.1) is 12.9 Å². The maximum atomic E-state index is 9.95. The second kappa shape index (κ2) is 4.38. The monoisotopic (exact) mass is 267 g/mol. The van der Waals surface area contributed by atoms with Crippen molar-refractivity contribution in [2.24, 2.45) is 0 Å². The molecule has 3 rings (SSSR count). The van der Waals surface area contributed by atoms with Crippen LogP contribution in [-0.4, -0.2) is 59.8 Å². The molecule has 1 fully saturated rings. The Bertz CT molecular complexity index is 603. The first kappa shape index (κ1) is 12.2. The molecule has 2 aromatic rings. The highest BCUT2D eigenvalue weighted by Crippen LogP contribution is 2.27. The standard InChI is InChI=1S/C10H13N5O4/c11-8-5-9(13-2-12-8)15(3-14-5)10-7(18)6(17)4(16)1-19-10/h2-4,6-7,10,16-18H,1H2,(H2,11,12,13)/t4-,6-,7-,10-/m0/s1. The van der Waals surface area contributed by atoms with Crippen molar-refractivity contribution < 1.29 is 20.1 Å². The van der Waals surface area contributed by atoms with Gasteiger partial charge in [-0.3, -0.25) is 4.57 Å². The first-order chi connectivity index (χ1) is 9.09. The Morgan fingerprint density at radius 3 is 2.79 bits per heavy atom. The van der Waals surface area contributed by atoms with Crippen molar-refractivity contribution in [3.05, 3.63) is 12.7 Å². The van der Waals surface area contributed by atoms with Crippen LogP contribution < -0.4 is 5.73 Å². The van der Waals surface area contributed by atoms with Crippen LogP contribution in [0.15, 0.2) is 12.7 Å². The summed E-state index contributed by atoms with van der Waals surface area (Å²) in [5.74, 6) is 0.217. The summed E-state index contributed by atoms with van der Waals surface area (Å²) in [6.45, 7) is -0.0941. The second-order valence-corrected chi connectivity index (χ2v) is 4.36. The molecule has 102 valence electrons. The Hall–Kier alpha value is -1.81. The second-order valence-electron chi connectivity index (χ2n) is 4.36. The Kier molecular flexibility index (Phi) is 2.82. The van der Waals surface area contributed by atoms with Gasteiger partial charge in [0.15, 0.2) is 17.7 Å². The lowest BCUT2D eigenvalue weighted by molar-refractivity contribution is -0.210. The van der Waals surface area contributed by atoms with Crippen LogP contribution in [0.5, 0.6) is 0 Å². The quantitative estimate of drug-likeness (QED) is 0.466. The predicted octanol–water partition coefficient (Wildman–Crippen LogP) is -1.98. The first-order valence-corrected chi connectivity index (χ1v) is 5.68. The molecule has 3 heterocycles. The number of aliphatic hydroxyl groups excluding tert-OH is 3. The van der Waals surface area contributed by atoms with Crippen LogP contribution in [0, 0.1) is 0 Å². The van der Waals surface area contributed by atoms with Gasteiger partial charge in [-0.25, -0.2) is 15.0 Å². The number of hydrogen-bond acceptors (Lipinski definition) is 8. The van der Waals surface area contributed by atoms with E-state index in [0.717, 1.165) is 0 Å². The zero-order valence-corrected chi connectivity index (χ0v) is 9.79. The van der Waals surface area contributed by atoms with Crippen molar-refractivity contribution in [1.82, 2.24) is 19.5 Å². The van der Waals surface area contributed by atoms with E-state index in [9.17, 15) is 15.3 Å². The zero-order chi connectivity index (χ0) is 13.6. The number of fused-ring (bicyclic) bond motifs is 1. The number of hydrogen-bond donors (Lipinski definition) is 4. The number of anilines is 1. The summed E-state index contributed by atoms with van der Waals surface area (Å²) < 4.78 is 6.78. The van der Waals surface area contributed by atoms with Crippen LogP contribution in [0.2, 0.25) is 0 Å². The van der Waals surface area contributed by atoms with Crippen molar-refractivity contribution in [2.75, 3.05) is 12.3 Å². The molecule has 0 saturated carbocycles. The number of aliphatic hydroxyl groups is 3. The Morgan fingerprint density at radius 1 is 1.21 bits per heavy atom. The highest BCUT2D eigenvalue weighted by atomic mass is 16.5. The number of nitrogens with two attached hydrogens (primary N) is 1. The molecule has 1 aliphatic heterocycles. The van der Waals surface area contributed by atoms with E-state index in [4.69, 9.17) is 10.5 Å². The number of imidazole rings is 1. The molecule has 2 aromatic heterocycles. The Labute approximate surface area is 107 Å². The van der Waals surface area contributed by atoms with Gasteiger partial charge in [0.2, 0.25) is 0 Å². The van der Waals surface area contributed by atoms with Crippen LogP contribution in [0.4, 0.5) is 5.82 Å². The average molecular weight is 267 g/mol. The number of ether oxygens (including phenoxy) is 1. The first-order valence-electron chi connectivity index (χ1n) is 5.68. The fourth-order valence-corrected chi connectivity index (χ4v) is 2.09. The molecular formula is C10H13N5O4. The van der Waals surface area contributed by atoms with Crippen molar-refractivity contribution in [3.8, 4) is 0 Å². The van der Waals surface area contributed by atoms with Gasteiger partial charge in [0.1, 0.15) is 30.2 Å². The van der Waals surface area contributed by atoms with E-state index in [1.807, 2.05) is 0 Å². The van der Waals surface area contributed by atoms with Crippen LogP contribution in [-0.2, 0) is 4.74 Å². The molecule has 0 aliphatic carbocycles. The Morgan fingerprint density at radius 2 is 2.00 bits per heavy atom. The van der Waals surface area contributed by atoms with E-state index >= 15 is 0 Å². The van der Waals surface area contributed by atoms with Gasteiger partial charge in [-0.2, -0.15) is 0 Å². The summed E-state index contributed by atoms with van der Waals surface area (Å²) >= 11 is 0. The number of nitrogens with zero attached hydrogens (tertiary/aromatic N) is 4. The molecule has 1 aliphatic rings. The van der Waals surface area contributed by atoms with Gasteiger partial charge in [-0.15, -0.1) is 0 Å². The van der Waals surface area contributed by atoms with Crippen molar-refractivity contribution in [1.29, 1.82) is 0 Å². The molecule has 0 unspecified atom stereocenters. The third-order valence-corrected chi connectivity index (χ3v) is 3.14. The summed E-state index contributed by atoms with van der Waals surface area (Å²) in [7, 11) is 0.